The second-order valence-electron chi connectivity index (χ2n) is 5.94. The van der Waals surface area contributed by atoms with Gasteiger partial charge in [-0.15, -0.1) is 0 Å². The molecule has 23 heavy (non-hydrogen) atoms. The molecule has 124 valence electrons. The van der Waals surface area contributed by atoms with Crippen LogP contribution in [0.1, 0.15) is 29.4 Å². The van der Waals surface area contributed by atoms with Crippen molar-refractivity contribution in [3.8, 4) is 0 Å². The van der Waals surface area contributed by atoms with Crippen LogP contribution in [0.2, 0.25) is 0 Å². The molecule has 3 rings (SSSR count). The van der Waals surface area contributed by atoms with Crippen molar-refractivity contribution in [1.29, 1.82) is 0 Å². The molecule has 1 N–H and O–H groups in total. The van der Waals surface area contributed by atoms with Crippen LogP contribution in [0.15, 0.2) is 18.2 Å². The number of carbonyl (C=O) groups excluding carboxylic acids is 1. The number of hydrogen-bond acceptors (Lipinski definition) is 3. The SMILES string of the molecule is CCN(C(=O)c1c(C)[nH]c2cccc(F)c12)C1CCS(=O)(=O)C1. The number of amides is 1. The van der Waals surface area contributed by atoms with Crippen LogP contribution in [-0.4, -0.2) is 48.3 Å². The van der Waals surface area contributed by atoms with Gasteiger partial charge in [-0.1, -0.05) is 6.07 Å². The minimum atomic E-state index is -3.09. The number of aryl methyl sites for hydroxylation is 1. The number of aromatic nitrogens is 1. The van der Waals surface area contributed by atoms with E-state index in [0.717, 1.165) is 0 Å². The van der Waals surface area contributed by atoms with Crippen LogP contribution in [0.5, 0.6) is 0 Å². The summed E-state index contributed by atoms with van der Waals surface area (Å²) in [4.78, 5) is 17.5. The Labute approximate surface area is 134 Å². The van der Waals surface area contributed by atoms with E-state index in [1.165, 1.54) is 6.07 Å². The number of carbonyl (C=O) groups is 1. The quantitative estimate of drug-likeness (QED) is 0.933. The van der Waals surface area contributed by atoms with Crippen LogP contribution in [0.4, 0.5) is 4.39 Å². The highest BCUT2D eigenvalue weighted by molar-refractivity contribution is 7.91. The zero-order valence-electron chi connectivity index (χ0n) is 13.1. The van der Waals surface area contributed by atoms with E-state index in [9.17, 15) is 17.6 Å². The molecule has 5 nitrogen and oxygen atoms in total. The van der Waals surface area contributed by atoms with Crippen LogP contribution in [0.25, 0.3) is 10.9 Å². The molecule has 1 unspecified atom stereocenters. The fraction of sp³-hybridized carbons (Fsp3) is 0.438. The van der Waals surface area contributed by atoms with Crippen molar-refractivity contribution in [2.75, 3.05) is 18.1 Å². The van der Waals surface area contributed by atoms with Crippen LogP contribution in [0, 0.1) is 12.7 Å². The molecule has 1 saturated heterocycles. The second kappa shape index (κ2) is 5.63. The van der Waals surface area contributed by atoms with E-state index in [2.05, 4.69) is 4.98 Å². The molecule has 0 saturated carbocycles. The van der Waals surface area contributed by atoms with Crippen molar-refractivity contribution in [3.63, 3.8) is 0 Å². The molecule has 0 aliphatic carbocycles. The maximum absolute atomic E-state index is 14.2. The largest absolute Gasteiger partial charge is 0.358 e. The van der Waals surface area contributed by atoms with Gasteiger partial charge >= 0.3 is 0 Å². The number of halogens is 1. The van der Waals surface area contributed by atoms with Crippen molar-refractivity contribution >= 4 is 26.6 Å². The number of aromatic amines is 1. The first-order chi connectivity index (χ1) is 10.8. The van der Waals surface area contributed by atoms with Gasteiger partial charge in [0, 0.05) is 29.2 Å². The summed E-state index contributed by atoms with van der Waals surface area (Å²) >= 11 is 0. The van der Waals surface area contributed by atoms with Gasteiger partial charge in [-0.2, -0.15) is 0 Å². The van der Waals surface area contributed by atoms with Crippen molar-refractivity contribution in [2.45, 2.75) is 26.3 Å². The highest BCUT2D eigenvalue weighted by Crippen LogP contribution is 2.28. The van der Waals surface area contributed by atoms with Crippen molar-refractivity contribution in [1.82, 2.24) is 9.88 Å². The Balaban J connectivity index is 2.04. The average Bonchev–Trinajstić information content (AvgIpc) is 2.99. The molecule has 1 amide bonds. The lowest BCUT2D eigenvalue weighted by atomic mass is 10.1. The highest BCUT2D eigenvalue weighted by atomic mass is 32.2. The maximum atomic E-state index is 14.2. The summed E-state index contributed by atoms with van der Waals surface area (Å²) < 4.78 is 37.6. The Kier molecular flexibility index (Phi) is 3.91. The molecule has 1 aliphatic heterocycles. The van der Waals surface area contributed by atoms with Crippen molar-refractivity contribution < 1.29 is 17.6 Å². The Hall–Kier alpha value is -1.89. The fourth-order valence-electron chi connectivity index (χ4n) is 3.33. The molecule has 1 atom stereocenters. The lowest BCUT2D eigenvalue weighted by Crippen LogP contribution is -2.41. The van der Waals surface area contributed by atoms with Gasteiger partial charge in [-0.05, 0) is 32.4 Å². The molecular weight excluding hydrogens is 319 g/mol. The molecule has 0 bridgehead atoms. The topological polar surface area (TPSA) is 70.2 Å². The summed E-state index contributed by atoms with van der Waals surface area (Å²) in [6.07, 6.45) is 0.436. The first-order valence-electron chi connectivity index (χ1n) is 7.62. The van der Waals surface area contributed by atoms with Gasteiger partial charge in [0.05, 0.1) is 17.1 Å². The third-order valence-corrected chi connectivity index (χ3v) is 6.18. The molecule has 0 spiro atoms. The molecule has 0 radical (unpaired) electrons. The first-order valence-corrected chi connectivity index (χ1v) is 9.44. The Morgan fingerprint density at radius 2 is 2.17 bits per heavy atom. The van der Waals surface area contributed by atoms with Crippen molar-refractivity contribution in [2.24, 2.45) is 0 Å². The van der Waals surface area contributed by atoms with Gasteiger partial charge in [0.15, 0.2) is 9.84 Å². The van der Waals surface area contributed by atoms with E-state index in [0.29, 0.717) is 29.7 Å². The maximum Gasteiger partial charge on any atom is 0.256 e. The van der Waals surface area contributed by atoms with Crippen LogP contribution in [-0.2, 0) is 9.84 Å². The Bertz CT molecular complexity index is 873. The van der Waals surface area contributed by atoms with E-state index in [4.69, 9.17) is 0 Å². The van der Waals surface area contributed by atoms with Gasteiger partial charge in [0.25, 0.3) is 5.91 Å². The second-order valence-corrected chi connectivity index (χ2v) is 8.16. The normalized spacial score (nSPS) is 20.0. The number of nitrogens with one attached hydrogen (secondary N) is 1. The average molecular weight is 338 g/mol. The number of sulfone groups is 1. The van der Waals surface area contributed by atoms with E-state index < -0.39 is 15.7 Å². The van der Waals surface area contributed by atoms with Crippen LogP contribution >= 0.6 is 0 Å². The summed E-state index contributed by atoms with van der Waals surface area (Å²) in [5.74, 6) is -0.687. The van der Waals surface area contributed by atoms with Crippen LogP contribution < -0.4 is 0 Å². The third kappa shape index (κ3) is 2.73. The number of hydrogen-bond donors (Lipinski definition) is 1. The smallest absolute Gasteiger partial charge is 0.256 e. The lowest BCUT2D eigenvalue weighted by Gasteiger charge is -2.27. The van der Waals surface area contributed by atoms with Gasteiger partial charge in [-0.3, -0.25) is 4.79 Å². The number of benzene rings is 1. The summed E-state index contributed by atoms with van der Waals surface area (Å²) in [5.41, 5.74) is 1.46. The summed E-state index contributed by atoms with van der Waals surface area (Å²) in [5, 5.41) is 0.273. The number of fused-ring (bicyclic) bond motifs is 1. The first kappa shape index (κ1) is 16.0. The lowest BCUT2D eigenvalue weighted by molar-refractivity contribution is 0.0709. The van der Waals surface area contributed by atoms with Gasteiger partial charge in [0.2, 0.25) is 0 Å². The van der Waals surface area contributed by atoms with Gasteiger partial charge < -0.3 is 9.88 Å². The Morgan fingerprint density at radius 3 is 2.78 bits per heavy atom. The fourth-order valence-corrected chi connectivity index (χ4v) is 5.06. The summed E-state index contributed by atoms with van der Waals surface area (Å²) in [6, 6.07) is 4.29. The summed E-state index contributed by atoms with van der Waals surface area (Å²) in [6.45, 7) is 3.93. The minimum absolute atomic E-state index is 0.0174. The monoisotopic (exact) mass is 338 g/mol. The molecule has 1 fully saturated rings. The van der Waals surface area contributed by atoms with E-state index in [1.807, 2.05) is 6.92 Å². The van der Waals surface area contributed by atoms with E-state index in [1.54, 1.807) is 24.0 Å². The van der Waals surface area contributed by atoms with Crippen molar-refractivity contribution in [3.05, 3.63) is 35.3 Å². The summed E-state index contributed by atoms with van der Waals surface area (Å²) in [7, 11) is -3.09. The van der Waals surface area contributed by atoms with E-state index >= 15 is 0 Å². The highest BCUT2D eigenvalue weighted by Gasteiger charge is 2.35. The molecule has 1 aromatic heterocycles. The zero-order valence-corrected chi connectivity index (χ0v) is 13.9. The van der Waals surface area contributed by atoms with E-state index in [-0.39, 0.29) is 28.8 Å². The molecular formula is C16H19FN2O3S. The predicted octanol–water partition coefficient (Wildman–Crippen LogP) is 2.26. The van der Waals surface area contributed by atoms with Gasteiger partial charge in [0.1, 0.15) is 5.82 Å². The van der Waals surface area contributed by atoms with Gasteiger partial charge in [-0.25, -0.2) is 12.8 Å². The number of H-pyrrole nitrogens is 1. The van der Waals surface area contributed by atoms with Crippen LogP contribution in [0.3, 0.4) is 0 Å². The molecule has 1 aliphatic rings. The standard InChI is InChI=1S/C16H19FN2O3S/c1-3-19(11-7-8-23(21,22)9-11)16(20)14-10(2)18-13-6-4-5-12(17)15(13)14/h4-6,11,18H,3,7-9H2,1-2H3. The predicted molar refractivity (Wildman–Crippen MR) is 86.8 cm³/mol. The zero-order chi connectivity index (χ0) is 16.8. The molecule has 7 heteroatoms. The number of nitrogens with zero attached hydrogens (tertiary/aromatic N) is 1. The molecule has 1 aromatic carbocycles. The molecule has 2 aromatic rings. The minimum Gasteiger partial charge on any atom is -0.358 e. The molecule has 2 heterocycles. The Morgan fingerprint density at radius 1 is 1.43 bits per heavy atom. The third-order valence-electron chi connectivity index (χ3n) is 4.43. The number of rotatable bonds is 3.